The average Bonchev–Trinajstić information content (AvgIpc) is 2.69. The normalized spacial score (nSPS) is 17.1. The summed E-state index contributed by atoms with van der Waals surface area (Å²) >= 11 is 0. The van der Waals surface area contributed by atoms with Crippen molar-refractivity contribution >= 4 is 16.0 Å². The molecule has 0 aromatic heterocycles. The minimum absolute atomic E-state index is 0.0370. The zero-order valence-corrected chi connectivity index (χ0v) is 17.3. The maximum atomic E-state index is 12.4. The van der Waals surface area contributed by atoms with Gasteiger partial charge in [-0.25, -0.2) is 0 Å². The number of rotatable bonds is 7. The summed E-state index contributed by atoms with van der Waals surface area (Å²) in [6.45, 7) is 0.701. The van der Waals surface area contributed by atoms with Crippen molar-refractivity contribution in [3.8, 4) is 17.2 Å². The standard InChI is InChI=1S/C20H23NO7S/c1-25-17-9-6-15(18(10-17)26-2)11-21-12-19(27-13-20(21)22)14-4-7-16(8-5-14)28-29(3,23)24/h4-10,19H,11-13H2,1-3H3/t19-/m1/s1. The lowest BCUT2D eigenvalue weighted by molar-refractivity contribution is -0.150. The number of amides is 1. The molecule has 1 heterocycles. The van der Waals surface area contributed by atoms with E-state index in [1.54, 1.807) is 49.5 Å². The zero-order chi connectivity index (χ0) is 21.0. The zero-order valence-electron chi connectivity index (χ0n) is 16.5. The van der Waals surface area contributed by atoms with E-state index in [1.165, 1.54) is 0 Å². The molecule has 0 spiro atoms. The number of nitrogens with zero attached hydrogens (tertiary/aromatic N) is 1. The van der Waals surface area contributed by atoms with E-state index >= 15 is 0 Å². The van der Waals surface area contributed by atoms with Crippen molar-refractivity contribution in [3.63, 3.8) is 0 Å². The summed E-state index contributed by atoms with van der Waals surface area (Å²) in [5, 5.41) is 0. The Bertz CT molecular complexity index is 973. The Morgan fingerprint density at radius 1 is 1.07 bits per heavy atom. The van der Waals surface area contributed by atoms with E-state index in [1.807, 2.05) is 12.1 Å². The van der Waals surface area contributed by atoms with Crippen molar-refractivity contribution in [1.29, 1.82) is 0 Å². The van der Waals surface area contributed by atoms with Crippen LogP contribution >= 0.6 is 0 Å². The summed E-state index contributed by atoms with van der Waals surface area (Å²) < 4.78 is 43.6. The summed E-state index contributed by atoms with van der Waals surface area (Å²) in [5.41, 5.74) is 1.68. The predicted octanol–water partition coefficient (Wildman–Crippen LogP) is 2.14. The highest BCUT2D eigenvalue weighted by molar-refractivity contribution is 7.86. The Kier molecular flexibility index (Phi) is 6.29. The smallest absolute Gasteiger partial charge is 0.306 e. The van der Waals surface area contributed by atoms with Gasteiger partial charge in [-0.1, -0.05) is 12.1 Å². The molecule has 1 aliphatic rings. The Balaban J connectivity index is 1.73. The molecule has 2 aromatic rings. The van der Waals surface area contributed by atoms with Crippen LogP contribution in [0.5, 0.6) is 17.2 Å². The molecule has 1 fully saturated rings. The molecule has 1 amide bonds. The first kappa shape index (κ1) is 20.9. The minimum Gasteiger partial charge on any atom is -0.497 e. The van der Waals surface area contributed by atoms with E-state index in [0.29, 0.717) is 24.6 Å². The number of methoxy groups -OCH3 is 2. The molecular weight excluding hydrogens is 398 g/mol. The van der Waals surface area contributed by atoms with E-state index < -0.39 is 10.1 Å². The Hall–Kier alpha value is -2.78. The summed E-state index contributed by atoms with van der Waals surface area (Å²) in [6.07, 6.45) is 0.659. The fraction of sp³-hybridized carbons (Fsp3) is 0.350. The number of benzene rings is 2. The second-order valence-electron chi connectivity index (χ2n) is 6.61. The summed E-state index contributed by atoms with van der Waals surface area (Å²) in [7, 11) is -0.430. The van der Waals surface area contributed by atoms with E-state index in [2.05, 4.69) is 0 Å². The third-order valence-corrected chi connectivity index (χ3v) is 5.00. The van der Waals surface area contributed by atoms with Gasteiger partial charge in [0, 0.05) is 18.2 Å². The predicted molar refractivity (Wildman–Crippen MR) is 106 cm³/mol. The number of carbonyl (C=O) groups is 1. The molecule has 1 aliphatic heterocycles. The first-order valence-corrected chi connectivity index (χ1v) is 10.7. The molecule has 1 atom stereocenters. The van der Waals surface area contributed by atoms with Crippen molar-refractivity contribution < 1.29 is 31.6 Å². The molecule has 8 nitrogen and oxygen atoms in total. The molecule has 29 heavy (non-hydrogen) atoms. The number of carbonyl (C=O) groups excluding carboxylic acids is 1. The monoisotopic (exact) mass is 421 g/mol. The van der Waals surface area contributed by atoms with Crippen molar-refractivity contribution in [1.82, 2.24) is 4.90 Å². The molecule has 0 aliphatic carbocycles. The quantitative estimate of drug-likeness (QED) is 0.633. The first-order chi connectivity index (χ1) is 13.8. The average molecular weight is 421 g/mol. The second-order valence-corrected chi connectivity index (χ2v) is 8.18. The lowest BCUT2D eigenvalue weighted by Gasteiger charge is -2.33. The molecule has 1 saturated heterocycles. The number of ether oxygens (including phenoxy) is 3. The minimum atomic E-state index is -3.58. The largest absolute Gasteiger partial charge is 0.497 e. The van der Waals surface area contributed by atoms with Crippen molar-refractivity contribution in [3.05, 3.63) is 53.6 Å². The fourth-order valence-electron chi connectivity index (χ4n) is 3.07. The van der Waals surface area contributed by atoms with E-state index in [9.17, 15) is 13.2 Å². The Morgan fingerprint density at radius 3 is 2.38 bits per heavy atom. The molecule has 0 unspecified atom stereocenters. The van der Waals surface area contributed by atoms with Crippen molar-refractivity contribution in [2.24, 2.45) is 0 Å². The summed E-state index contributed by atoms with van der Waals surface area (Å²) in [5.74, 6) is 1.43. The van der Waals surface area contributed by atoms with Crippen LogP contribution in [0.2, 0.25) is 0 Å². The fourth-order valence-corrected chi connectivity index (χ4v) is 3.53. The lowest BCUT2D eigenvalue weighted by Crippen LogP contribution is -2.42. The van der Waals surface area contributed by atoms with Gasteiger partial charge in [0.2, 0.25) is 5.91 Å². The topological polar surface area (TPSA) is 91.4 Å². The molecule has 9 heteroatoms. The van der Waals surface area contributed by atoms with E-state index in [-0.39, 0.29) is 24.4 Å². The van der Waals surface area contributed by atoms with E-state index in [4.69, 9.17) is 18.4 Å². The molecule has 156 valence electrons. The van der Waals surface area contributed by atoms with Crippen LogP contribution in [0.3, 0.4) is 0 Å². The van der Waals surface area contributed by atoms with Gasteiger partial charge in [-0.2, -0.15) is 8.42 Å². The third kappa shape index (κ3) is 5.39. The second kappa shape index (κ2) is 8.71. The molecule has 0 radical (unpaired) electrons. The van der Waals surface area contributed by atoms with Gasteiger partial charge in [-0.3, -0.25) is 4.79 Å². The van der Waals surface area contributed by atoms with Crippen LogP contribution in [0.15, 0.2) is 42.5 Å². The van der Waals surface area contributed by atoms with E-state index in [0.717, 1.165) is 17.4 Å². The van der Waals surface area contributed by atoms with Crippen LogP contribution in [0.25, 0.3) is 0 Å². The number of hydrogen-bond donors (Lipinski definition) is 0. The van der Waals surface area contributed by atoms with Gasteiger partial charge in [0.1, 0.15) is 30.0 Å². The molecule has 0 saturated carbocycles. The molecule has 0 N–H and O–H groups in total. The SMILES string of the molecule is COc1ccc(CN2C[C@H](c3ccc(OS(C)(=O)=O)cc3)OCC2=O)c(OC)c1. The van der Waals surface area contributed by atoms with Gasteiger partial charge < -0.3 is 23.3 Å². The van der Waals surface area contributed by atoms with Crippen molar-refractivity contribution in [2.75, 3.05) is 33.6 Å². The number of morpholine rings is 1. The molecule has 2 aromatic carbocycles. The maximum Gasteiger partial charge on any atom is 0.306 e. The van der Waals surface area contributed by atoms with Gasteiger partial charge in [-0.15, -0.1) is 0 Å². The van der Waals surface area contributed by atoms with Crippen LogP contribution in [0.4, 0.5) is 0 Å². The maximum absolute atomic E-state index is 12.4. The summed E-state index contributed by atoms with van der Waals surface area (Å²) in [6, 6.07) is 12.0. The van der Waals surface area contributed by atoms with Crippen LogP contribution in [0, 0.1) is 0 Å². The van der Waals surface area contributed by atoms with Crippen LogP contribution in [-0.4, -0.2) is 52.9 Å². The van der Waals surface area contributed by atoms with Gasteiger partial charge >= 0.3 is 10.1 Å². The van der Waals surface area contributed by atoms with Gasteiger partial charge in [0.15, 0.2) is 0 Å². The third-order valence-electron chi connectivity index (χ3n) is 4.50. The Labute approximate surface area is 170 Å². The van der Waals surface area contributed by atoms with Crippen LogP contribution in [-0.2, 0) is 26.2 Å². The molecule has 3 rings (SSSR count). The number of hydrogen-bond acceptors (Lipinski definition) is 7. The first-order valence-electron chi connectivity index (χ1n) is 8.89. The highest BCUT2D eigenvalue weighted by Gasteiger charge is 2.28. The van der Waals surface area contributed by atoms with Crippen LogP contribution < -0.4 is 13.7 Å². The highest BCUT2D eigenvalue weighted by atomic mass is 32.2. The summed E-state index contributed by atoms with van der Waals surface area (Å²) in [4.78, 5) is 14.1. The molecule has 0 bridgehead atoms. The van der Waals surface area contributed by atoms with Gasteiger partial charge in [0.25, 0.3) is 0 Å². The molecular formula is C20H23NO7S. The lowest BCUT2D eigenvalue weighted by atomic mass is 10.1. The Morgan fingerprint density at radius 2 is 1.76 bits per heavy atom. The van der Waals surface area contributed by atoms with Gasteiger partial charge in [-0.05, 0) is 29.8 Å². The van der Waals surface area contributed by atoms with Gasteiger partial charge in [0.05, 0.1) is 27.0 Å². The van der Waals surface area contributed by atoms with Crippen LogP contribution in [0.1, 0.15) is 17.2 Å². The van der Waals surface area contributed by atoms with Crippen molar-refractivity contribution in [2.45, 2.75) is 12.6 Å². The highest BCUT2D eigenvalue weighted by Crippen LogP contribution is 2.29.